The van der Waals surface area contributed by atoms with E-state index in [-0.39, 0.29) is 5.82 Å². The number of anilines is 1. The Kier molecular flexibility index (Phi) is 3.52. The van der Waals surface area contributed by atoms with Gasteiger partial charge in [0.05, 0.1) is 5.52 Å². The summed E-state index contributed by atoms with van der Waals surface area (Å²) < 4.78 is 13.4. The van der Waals surface area contributed by atoms with Crippen molar-refractivity contribution in [2.75, 3.05) is 11.9 Å². The number of hydrogen-bond donors (Lipinski definition) is 1. The second-order valence-corrected chi connectivity index (χ2v) is 4.91. The second kappa shape index (κ2) is 5.48. The molecular formula is C17H16FN3. The normalized spacial score (nSPS) is 10.8. The monoisotopic (exact) mass is 281 g/mol. The van der Waals surface area contributed by atoms with E-state index < -0.39 is 0 Å². The van der Waals surface area contributed by atoms with Crippen molar-refractivity contribution < 1.29 is 4.39 Å². The van der Waals surface area contributed by atoms with Crippen LogP contribution in [0.15, 0.2) is 42.5 Å². The van der Waals surface area contributed by atoms with Crippen LogP contribution in [0.1, 0.15) is 12.5 Å². The molecule has 0 unspecified atom stereocenters. The topological polar surface area (TPSA) is 37.8 Å². The summed E-state index contributed by atoms with van der Waals surface area (Å²) in [6.45, 7) is 4.55. The number of hydrogen-bond acceptors (Lipinski definition) is 3. The fourth-order valence-electron chi connectivity index (χ4n) is 2.29. The Bertz CT molecular complexity index is 799. The van der Waals surface area contributed by atoms with Gasteiger partial charge in [0.2, 0.25) is 0 Å². The van der Waals surface area contributed by atoms with Crippen molar-refractivity contribution in [3.63, 3.8) is 0 Å². The molecule has 1 N–H and O–H groups in total. The predicted molar refractivity (Wildman–Crippen MR) is 83.8 cm³/mol. The third-order valence-corrected chi connectivity index (χ3v) is 3.36. The fourth-order valence-corrected chi connectivity index (χ4v) is 2.29. The number of fused-ring (bicyclic) bond motifs is 1. The van der Waals surface area contributed by atoms with Crippen molar-refractivity contribution >= 4 is 16.7 Å². The highest BCUT2D eigenvalue weighted by Crippen LogP contribution is 2.25. The van der Waals surface area contributed by atoms with E-state index in [1.165, 1.54) is 6.07 Å². The first-order valence-corrected chi connectivity index (χ1v) is 6.96. The molecule has 0 spiro atoms. The van der Waals surface area contributed by atoms with Crippen LogP contribution >= 0.6 is 0 Å². The molecule has 1 aromatic heterocycles. The van der Waals surface area contributed by atoms with Gasteiger partial charge in [0.25, 0.3) is 0 Å². The molecule has 0 fully saturated rings. The van der Waals surface area contributed by atoms with Crippen molar-refractivity contribution in [1.82, 2.24) is 9.97 Å². The minimum atomic E-state index is -0.216. The first-order valence-electron chi connectivity index (χ1n) is 6.96. The summed E-state index contributed by atoms with van der Waals surface area (Å²) in [6, 6.07) is 12.8. The molecule has 2 aromatic carbocycles. The number of aromatic nitrogens is 2. The predicted octanol–water partition coefficient (Wildman–Crippen LogP) is 4.18. The molecule has 0 aliphatic heterocycles. The Labute approximate surface area is 122 Å². The van der Waals surface area contributed by atoms with Gasteiger partial charge in [-0.2, -0.15) is 0 Å². The van der Waals surface area contributed by atoms with Crippen molar-refractivity contribution in [2.45, 2.75) is 13.8 Å². The molecule has 0 saturated heterocycles. The summed E-state index contributed by atoms with van der Waals surface area (Å²) in [5.74, 6) is 1.19. The smallest absolute Gasteiger partial charge is 0.162 e. The molecule has 0 saturated carbocycles. The van der Waals surface area contributed by atoms with E-state index in [9.17, 15) is 4.39 Å². The molecule has 3 nitrogen and oxygen atoms in total. The van der Waals surface area contributed by atoms with Crippen LogP contribution in [0.3, 0.4) is 0 Å². The lowest BCUT2D eigenvalue weighted by Crippen LogP contribution is -2.03. The van der Waals surface area contributed by atoms with E-state index in [0.717, 1.165) is 28.8 Å². The molecule has 3 rings (SSSR count). The van der Waals surface area contributed by atoms with E-state index in [4.69, 9.17) is 0 Å². The Balaban J connectivity index is 2.20. The molecule has 1 heterocycles. The van der Waals surface area contributed by atoms with Crippen LogP contribution in [0.5, 0.6) is 0 Å². The summed E-state index contributed by atoms with van der Waals surface area (Å²) in [5.41, 5.74) is 2.29. The molecule has 106 valence electrons. The first kappa shape index (κ1) is 13.5. The first-order chi connectivity index (χ1) is 10.2. The van der Waals surface area contributed by atoms with Gasteiger partial charge in [-0.1, -0.05) is 12.1 Å². The van der Waals surface area contributed by atoms with Crippen LogP contribution in [-0.2, 0) is 0 Å². The number of nitrogens with zero attached hydrogens (tertiary/aromatic N) is 2. The molecule has 0 atom stereocenters. The molecular weight excluding hydrogens is 265 g/mol. The van der Waals surface area contributed by atoms with E-state index >= 15 is 0 Å². The van der Waals surface area contributed by atoms with Crippen molar-refractivity contribution in [2.24, 2.45) is 0 Å². The number of nitrogens with one attached hydrogen (secondary N) is 1. The highest BCUT2D eigenvalue weighted by molar-refractivity contribution is 5.90. The average Bonchev–Trinajstić information content (AvgIpc) is 2.50. The lowest BCUT2D eigenvalue weighted by Gasteiger charge is -2.10. The molecule has 4 heteroatoms. The Morgan fingerprint density at radius 2 is 1.90 bits per heavy atom. The highest BCUT2D eigenvalue weighted by atomic mass is 19.1. The summed E-state index contributed by atoms with van der Waals surface area (Å²) >= 11 is 0. The number of halogens is 1. The van der Waals surface area contributed by atoms with E-state index in [1.54, 1.807) is 19.1 Å². The standard InChI is InChI=1S/C17H16FN3/c1-3-19-17-13-6-4-5-7-15(13)20-16(21-17)12-8-9-14(18)11(2)10-12/h4-10H,3H2,1-2H3,(H,19,20,21). The summed E-state index contributed by atoms with van der Waals surface area (Å²) in [4.78, 5) is 9.17. The maximum absolute atomic E-state index is 13.4. The van der Waals surface area contributed by atoms with Gasteiger partial charge in [-0.3, -0.25) is 0 Å². The van der Waals surface area contributed by atoms with E-state index in [2.05, 4.69) is 15.3 Å². The molecule has 0 amide bonds. The minimum Gasteiger partial charge on any atom is -0.370 e. The third-order valence-electron chi connectivity index (χ3n) is 3.36. The molecule has 21 heavy (non-hydrogen) atoms. The lowest BCUT2D eigenvalue weighted by atomic mass is 10.1. The Hall–Kier alpha value is -2.49. The fraction of sp³-hybridized carbons (Fsp3) is 0.176. The number of benzene rings is 2. The molecule has 0 radical (unpaired) electrons. The average molecular weight is 281 g/mol. The molecule has 0 aliphatic rings. The van der Waals surface area contributed by atoms with Gasteiger partial charge in [-0.25, -0.2) is 14.4 Å². The van der Waals surface area contributed by atoms with Crippen LogP contribution in [0, 0.1) is 12.7 Å². The van der Waals surface area contributed by atoms with Crippen LogP contribution < -0.4 is 5.32 Å². The van der Waals surface area contributed by atoms with Gasteiger partial charge in [0, 0.05) is 17.5 Å². The maximum atomic E-state index is 13.4. The van der Waals surface area contributed by atoms with Gasteiger partial charge in [0.15, 0.2) is 5.82 Å². The summed E-state index contributed by atoms with van der Waals surface area (Å²) in [5, 5.41) is 4.25. The van der Waals surface area contributed by atoms with Crippen molar-refractivity contribution in [3.8, 4) is 11.4 Å². The second-order valence-electron chi connectivity index (χ2n) is 4.91. The number of aryl methyl sites for hydroxylation is 1. The van der Waals surface area contributed by atoms with Crippen LogP contribution in [0.25, 0.3) is 22.3 Å². The zero-order valence-electron chi connectivity index (χ0n) is 12.0. The van der Waals surface area contributed by atoms with Crippen molar-refractivity contribution in [1.29, 1.82) is 0 Å². The maximum Gasteiger partial charge on any atom is 0.162 e. The Morgan fingerprint density at radius 3 is 2.67 bits per heavy atom. The SMILES string of the molecule is CCNc1nc(-c2ccc(F)c(C)c2)nc2ccccc12. The van der Waals surface area contributed by atoms with E-state index in [0.29, 0.717) is 11.4 Å². The van der Waals surface area contributed by atoms with Gasteiger partial charge in [-0.05, 0) is 49.7 Å². The summed E-state index contributed by atoms with van der Waals surface area (Å²) in [6.07, 6.45) is 0. The largest absolute Gasteiger partial charge is 0.370 e. The molecule has 3 aromatic rings. The minimum absolute atomic E-state index is 0.216. The Morgan fingerprint density at radius 1 is 1.10 bits per heavy atom. The van der Waals surface area contributed by atoms with Gasteiger partial charge >= 0.3 is 0 Å². The van der Waals surface area contributed by atoms with Crippen LogP contribution in [-0.4, -0.2) is 16.5 Å². The van der Waals surface area contributed by atoms with Crippen molar-refractivity contribution in [3.05, 3.63) is 53.8 Å². The zero-order chi connectivity index (χ0) is 14.8. The van der Waals surface area contributed by atoms with Gasteiger partial charge in [0.1, 0.15) is 11.6 Å². The van der Waals surface area contributed by atoms with Gasteiger partial charge < -0.3 is 5.32 Å². The lowest BCUT2D eigenvalue weighted by molar-refractivity contribution is 0.618. The zero-order valence-corrected chi connectivity index (χ0v) is 12.0. The van der Waals surface area contributed by atoms with Gasteiger partial charge in [-0.15, -0.1) is 0 Å². The number of para-hydroxylation sites is 1. The quantitative estimate of drug-likeness (QED) is 0.782. The van der Waals surface area contributed by atoms with Crippen LogP contribution in [0.2, 0.25) is 0 Å². The third kappa shape index (κ3) is 2.57. The molecule has 0 bridgehead atoms. The number of rotatable bonds is 3. The highest BCUT2D eigenvalue weighted by Gasteiger charge is 2.09. The van der Waals surface area contributed by atoms with E-state index in [1.807, 2.05) is 31.2 Å². The van der Waals surface area contributed by atoms with Crippen LogP contribution in [0.4, 0.5) is 10.2 Å². The summed E-state index contributed by atoms with van der Waals surface area (Å²) in [7, 11) is 0. The molecule has 0 aliphatic carbocycles.